The van der Waals surface area contributed by atoms with Gasteiger partial charge in [0, 0.05) is 35.2 Å². The number of nitrogen functional groups attached to an aromatic ring is 1. The number of rotatable bonds is 7. The van der Waals surface area contributed by atoms with Crippen LogP contribution in [0.15, 0.2) is 35.3 Å². The van der Waals surface area contributed by atoms with Crippen molar-refractivity contribution < 1.29 is 18.3 Å². The van der Waals surface area contributed by atoms with Gasteiger partial charge in [-0.3, -0.25) is 4.68 Å². The average molecular weight is 589 g/mol. The molecule has 2 aliphatic heterocycles. The molecular weight excluding hydrogens is 558 g/mol. The molecule has 3 aromatic heterocycles. The van der Waals surface area contributed by atoms with Crippen LogP contribution in [-0.4, -0.2) is 47.0 Å². The third kappa shape index (κ3) is 5.21. The molecule has 12 heteroatoms. The fourth-order valence-electron chi connectivity index (χ4n) is 5.44. The lowest BCUT2D eigenvalue weighted by atomic mass is 10.1. The molecule has 2 aliphatic rings. The van der Waals surface area contributed by atoms with Gasteiger partial charge in [0.1, 0.15) is 30.0 Å². The van der Waals surface area contributed by atoms with Crippen LogP contribution in [0.1, 0.15) is 50.3 Å². The van der Waals surface area contributed by atoms with E-state index >= 15 is 0 Å². The number of aromatic nitrogens is 3. The maximum atomic E-state index is 14.9. The smallest absolute Gasteiger partial charge is 0.205 e. The van der Waals surface area contributed by atoms with Crippen molar-refractivity contribution in [1.29, 1.82) is 0 Å². The monoisotopic (exact) mass is 588 g/mol. The molecule has 0 bridgehead atoms. The topological polar surface area (TPSA) is 112 Å². The molecule has 0 saturated carbocycles. The molecule has 0 radical (unpaired) electrons. The molecule has 9 nitrogen and oxygen atoms in total. The van der Waals surface area contributed by atoms with Crippen molar-refractivity contribution in [2.24, 2.45) is 0 Å². The highest BCUT2D eigenvalue weighted by molar-refractivity contribution is 6.37. The number of fused-ring (bicyclic) bond motifs is 1. The minimum atomic E-state index is -0.794. The Kier molecular flexibility index (Phi) is 7.76. The zero-order valence-corrected chi connectivity index (χ0v) is 23.6. The van der Waals surface area contributed by atoms with E-state index in [0.29, 0.717) is 17.0 Å². The quantitative estimate of drug-likeness (QED) is 0.228. The van der Waals surface area contributed by atoms with Crippen molar-refractivity contribution in [1.82, 2.24) is 25.4 Å². The number of ether oxygens (including phenoxy) is 2. The zero-order valence-electron chi connectivity index (χ0n) is 22.1. The van der Waals surface area contributed by atoms with Gasteiger partial charge in [0.2, 0.25) is 5.75 Å². The lowest BCUT2D eigenvalue weighted by Gasteiger charge is -2.26. The van der Waals surface area contributed by atoms with Crippen LogP contribution in [0.25, 0.3) is 22.1 Å². The van der Waals surface area contributed by atoms with Gasteiger partial charge in [0.05, 0.1) is 27.7 Å². The van der Waals surface area contributed by atoms with E-state index in [9.17, 15) is 4.39 Å². The number of anilines is 1. The first-order valence-corrected chi connectivity index (χ1v) is 14.3. The van der Waals surface area contributed by atoms with Crippen LogP contribution in [0, 0.1) is 5.82 Å². The number of piperidine rings is 2. The molecule has 1 atom stereocenters. The Balaban J connectivity index is 1.30. The maximum absolute atomic E-state index is 14.9. The van der Waals surface area contributed by atoms with E-state index in [2.05, 4.69) is 20.7 Å². The van der Waals surface area contributed by atoms with E-state index in [-0.39, 0.29) is 39.0 Å². The fraction of sp³-hybridized carbons (Fsp3) is 0.429. The summed E-state index contributed by atoms with van der Waals surface area (Å²) >= 11 is 13.1. The van der Waals surface area contributed by atoms with Crippen molar-refractivity contribution in [3.63, 3.8) is 0 Å². The lowest BCUT2D eigenvalue weighted by Crippen LogP contribution is -2.34. The summed E-state index contributed by atoms with van der Waals surface area (Å²) in [5, 5.41) is 12.0. The Morgan fingerprint density at radius 3 is 2.58 bits per heavy atom. The van der Waals surface area contributed by atoms with E-state index in [1.165, 1.54) is 6.07 Å². The SMILES string of the molecule is CC(Oc1c(N)ncc2c(-c3cnn(C4CCNCC4)c3)coc12)c1c(Cl)c(F)cc(OC2CCNCC2)c1Cl. The third-order valence-electron chi connectivity index (χ3n) is 7.63. The number of hydrogen-bond donors (Lipinski definition) is 3. The van der Waals surface area contributed by atoms with Gasteiger partial charge < -0.3 is 30.3 Å². The van der Waals surface area contributed by atoms with Gasteiger partial charge in [0.25, 0.3) is 0 Å². The summed E-state index contributed by atoms with van der Waals surface area (Å²) in [6, 6.07) is 1.58. The molecule has 5 heterocycles. The van der Waals surface area contributed by atoms with Gasteiger partial charge in [-0.05, 0) is 58.8 Å². The van der Waals surface area contributed by atoms with E-state index in [1.807, 2.05) is 17.1 Å². The maximum Gasteiger partial charge on any atom is 0.205 e. The minimum absolute atomic E-state index is 0.0716. The number of nitrogens with two attached hydrogens (primary N) is 1. The first kappa shape index (κ1) is 27.1. The number of benzene rings is 1. The van der Waals surface area contributed by atoms with Gasteiger partial charge in [-0.15, -0.1) is 0 Å². The predicted molar refractivity (Wildman–Crippen MR) is 153 cm³/mol. The van der Waals surface area contributed by atoms with Crippen LogP contribution in [0.5, 0.6) is 11.5 Å². The van der Waals surface area contributed by atoms with Gasteiger partial charge >= 0.3 is 0 Å². The number of nitrogens with zero attached hydrogens (tertiary/aromatic N) is 3. The number of pyridine rings is 1. The van der Waals surface area contributed by atoms with E-state index in [1.54, 1.807) is 19.4 Å². The lowest BCUT2D eigenvalue weighted by molar-refractivity contribution is 0.161. The second-order valence-corrected chi connectivity index (χ2v) is 11.0. The highest BCUT2D eigenvalue weighted by Crippen LogP contribution is 2.44. The number of nitrogens with one attached hydrogen (secondary N) is 2. The molecule has 40 heavy (non-hydrogen) atoms. The molecule has 0 aliphatic carbocycles. The van der Waals surface area contributed by atoms with Crippen LogP contribution >= 0.6 is 23.2 Å². The van der Waals surface area contributed by atoms with E-state index < -0.39 is 11.9 Å². The summed E-state index contributed by atoms with van der Waals surface area (Å²) in [6.45, 7) is 5.31. The zero-order chi connectivity index (χ0) is 27.8. The van der Waals surface area contributed by atoms with Crippen molar-refractivity contribution >= 4 is 40.0 Å². The van der Waals surface area contributed by atoms with Gasteiger partial charge in [-0.2, -0.15) is 5.10 Å². The molecule has 2 fully saturated rings. The van der Waals surface area contributed by atoms with Crippen molar-refractivity contribution in [2.45, 2.75) is 50.9 Å². The summed E-state index contributed by atoms with van der Waals surface area (Å²) < 4.78 is 35.2. The molecule has 2 saturated heterocycles. The van der Waals surface area contributed by atoms with E-state index in [0.717, 1.165) is 63.0 Å². The molecular formula is C28H31Cl2FN6O3. The standard InChI is InChI=1S/C28H31Cl2FN6O3/c1-15(23-24(29)21(31)10-22(25(23)30)40-18-4-8-34-9-5-18)39-27-26-19(12-35-28(27)32)20(14-38-26)16-11-36-37(13-16)17-2-6-33-7-3-17/h10-15,17-18,33-34H,2-9H2,1H3,(H2,32,35). The predicted octanol–water partition coefficient (Wildman–Crippen LogP) is 5.91. The highest BCUT2D eigenvalue weighted by atomic mass is 35.5. The van der Waals surface area contributed by atoms with Crippen molar-refractivity contribution in [2.75, 3.05) is 31.9 Å². The van der Waals surface area contributed by atoms with Gasteiger partial charge in [-0.1, -0.05) is 23.2 Å². The van der Waals surface area contributed by atoms with E-state index in [4.69, 9.17) is 42.8 Å². The third-order valence-corrected chi connectivity index (χ3v) is 8.41. The second-order valence-electron chi connectivity index (χ2n) is 10.3. The molecule has 0 amide bonds. The number of halogens is 3. The van der Waals surface area contributed by atoms with Crippen LogP contribution in [0.4, 0.5) is 10.2 Å². The molecule has 212 valence electrons. The largest absolute Gasteiger partial charge is 0.489 e. The summed E-state index contributed by atoms with van der Waals surface area (Å²) in [5.74, 6) is -0.0632. The average Bonchev–Trinajstić information content (AvgIpc) is 3.62. The molecule has 0 spiro atoms. The molecule has 1 aromatic carbocycles. The van der Waals surface area contributed by atoms with Gasteiger partial charge in [-0.25, -0.2) is 9.37 Å². The van der Waals surface area contributed by atoms with Crippen molar-refractivity contribution in [3.8, 4) is 22.6 Å². The second kappa shape index (κ2) is 11.4. The summed E-state index contributed by atoms with van der Waals surface area (Å²) in [5.41, 5.74) is 8.63. The Morgan fingerprint density at radius 1 is 1.10 bits per heavy atom. The Morgan fingerprint density at radius 2 is 1.82 bits per heavy atom. The van der Waals surface area contributed by atoms with Crippen LogP contribution < -0.4 is 25.8 Å². The Hall–Kier alpha value is -3.05. The minimum Gasteiger partial charge on any atom is -0.489 e. The first-order valence-electron chi connectivity index (χ1n) is 13.5. The Bertz CT molecular complexity index is 1510. The summed E-state index contributed by atoms with van der Waals surface area (Å²) in [7, 11) is 0. The fourth-order valence-corrected chi connectivity index (χ4v) is 6.13. The molecule has 6 rings (SSSR count). The number of hydrogen-bond acceptors (Lipinski definition) is 8. The molecule has 4 N–H and O–H groups in total. The summed E-state index contributed by atoms with van der Waals surface area (Å²) in [6.07, 6.45) is 9.91. The molecule has 4 aromatic rings. The van der Waals surface area contributed by atoms with Crippen LogP contribution in [-0.2, 0) is 0 Å². The Labute approximate surface area is 241 Å². The first-order chi connectivity index (χ1) is 19.4. The highest BCUT2D eigenvalue weighted by Gasteiger charge is 2.27. The van der Waals surface area contributed by atoms with Crippen LogP contribution in [0.3, 0.4) is 0 Å². The summed E-state index contributed by atoms with van der Waals surface area (Å²) in [4.78, 5) is 4.35. The number of furan rings is 1. The van der Waals surface area contributed by atoms with Crippen LogP contribution in [0.2, 0.25) is 10.0 Å². The van der Waals surface area contributed by atoms with Gasteiger partial charge in [0.15, 0.2) is 11.4 Å². The van der Waals surface area contributed by atoms with Crippen molar-refractivity contribution in [3.05, 3.63) is 52.3 Å². The normalized spacial score (nSPS) is 17.8. The molecule has 1 unspecified atom stereocenters.